The number of carboxylic acid groups (broad SMARTS) is 1. The molecule has 1 amide bonds. The number of rotatable bonds is 3. The molecule has 2 heterocycles. The lowest BCUT2D eigenvalue weighted by molar-refractivity contribution is -0.136. The number of ether oxygens (including phenoxy) is 1. The fraction of sp³-hybridized carbons (Fsp3) is 0.562. The van der Waals surface area contributed by atoms with Gasteiger partial charge in [0.25, 0.3) is 0 Å². The maximum atomic E-state index is 12.0. The van der Waals surface area contributed by atoms with Crippen LogP contribution in [0.2, 0.25) is 0 Å². The zero-order valence-electron chi connectivity index (χ0n) is 13.2. The summed E-state index contributed by atoms with van der Waals surface area (Å²) >= 11 is 0. The minimum absolute atomic E-state index is 0.0258. The molecule has 1 saturated heterocycles. The molecule has 120 valence electrons. The molecule has 22 heavy (non-hydrogen) atoms. The third-order valence-electron chi connectivity index (χ3n) is 3.46. The first-order valence-corrected chi connectivity index (χ1v) is 7.39. The van der Waals surface area contributed by atoms with E-state index >= 15 is 0 Å². The molecule has 1 aliphatic heterocycles. The Bertz CT molecular complexity index is 548. The Labute approximate surface area is 130 Å². The highest BCUT2D eigenvalue weighted by Crippen LogP contribution is 2.27. The van der Waals surface area contributed by atoms with Crippen molar-refractivity contribution >= 4 is 12.1 Å². The summed E-state index contributed by atoms with van der Waals surface area (Å²) in [6.45, 7) is 6.78. The van der Waals surface area contributed by atoms with Gasteiger partial charge in [0.15, 0.2) is 0 Å². The number of aromatic nitrogens is 1. The van der Waals surface area contributed by atoms with E-state index in [0.717, 1.165) is 12.1 Å². The number of aliphatic carboxylic acids is 1. The Kier molecular flexibility index (Phi) is 4.68. The summed E-state index contributed by atoms with van der Waals surface area (Å²) in [4.78, 5) is 28.7. The van der Waals surface area contributed by atoms with Crippen LogP contribution in [-0.4, -0.2) is 45.7 Å². The summed E-state index contributed by atoms with van der Waals surface area (Å²) in [5.74, 6) is -0.696. The molecule has 0 aromatic carbocycles. The maximum absolute atomic E-state index is 12.0. The van der Waals surface area contributed by atoms with Crippen molar-refractivity contribution in [3.63, 3.8) is 0 Å². The van der Waals surface area contributed by atoms with Crippen LogP contribution in [0.25, 0.3) is 0 Å². The van der Waals surface area contributed by atoms with Crippen LogP contribution in [0, 0.1) is 0 Å². The molecule has 0 aliphatic carbocycles. The van der Waals surface area contributed by atoms with Crippen LogP contribution in [0.5, 0.6) is 0 Å². The summed E-state index contributed by atoms with van der Waals surface area (Å²) in [5, 5.41) is 8.75. The predicted molar refractivity (Wildman–Crippen MR) is 80.7 cm³/mol. The van der Waals surface area contributed by atoms with Gasteiger partial charge < -0.3 is 14.7 Å². The van der Waals surface area contributed by atoms with Crippen molar-refractivity contribution in [3.8, 4) is 0 Å². The second kappa shape index (κ2) is 6.34. The number of nitrogens with zero attached hydrogens (tertiary/aromatic N) is 2. The van der Waals surface area contributed by atoms with E-state index in [1.807, 2.05) is 26.8 Å². The fourth-order valence-corrected chi connectivity index (χ4v) is 2.45. The predicted octanol–water partition coefficient (Wildman–Crippen LogP) is 2.43. The molecule has 0 radical (unpaired) electrons. The van der Waals surface area contributed by atoms with E-state index in [4.69, 9.17) is 9.84 Å². The van der Waals surface area contributed by atoms with Crippen molar-refractivity contribution in [2.45, 2.75) is 45.1 Å². The van der Waals surface area contributed by atoms with E-state index in [-0.39, 0.29) is 18.4 Å². The van der Waals surface area contributed by atoms with Gasteiger partial charge in [0.05, 0.1) is 6.42 Å². The van der Waals surface area contributed by atoms with E-state index in [9.17, 15) is 9.59 Å². The normalized spacial score (nSPS) is 18.3. The molecule has 0 saturated carbocycles. The number of carbonyl (C=O) groups is 2. The standard InChI is InChI=1S/C16H22N2O4/c1-16(2,3)22-15(21)18-7-6-12(10-18)13-5-4-11(9-17-13)8-14(19)20/h4-5,9,12H,6-8,10H2,1-3H3,(H,19,20). The first-order valence-electron chi connectivity index (χ1n) is 7.39. The fourth-order valence-electron chi connectivity index (χ4n) is 2.45. The van der Waals surface area contributed by atoms with E-state index in [2.05, 4.69) is 4.98 Å². The van der Waals surface area contributed by atoms with Gasteiger partial charge in [-0.25, -0.2) is 4.79 Å². The number of carbonyl (C=O) groups excluding carboxylic acids is 1. The zero-order chi connectivity index (χ0) is 16.3. The Morgan fingerprint density at radius 2 is 2.14 bits per heavy atom. The van der Waals surface area contributed by atoms with Crippen molar-refractivity contribution < 1.29 is 19.4 Å². The molecule has 6 heteroatoms. The zero-order valence-corrected chi connectivity index (χ0v) is 13.2. The van der Waals surface area contributed by atoms with E-state index in [1.165, 1.54) is 0 Å². The number of hydrogen-bond acceptors (Lipinski definition) is 4. The quantitative estimate of drug-likeness (QED) is 0.927. The number of likely N-dealkylation sites (tertiary alicyclic amines) is 1. The molecule has 1 aliphatic rings. The van der Waals surface area contributed by atoms with Crippen LogP contribution in [-0.2, 0) is 16.0 Å². The van der Waals surface area contributed by atoms with Gasteiger partial charge in [-0.05, 0) is 38.8 Å². The number of hydrogen-bond donors (Lipinski definition) is 1. The van der Waals surface area contributed by atoms with Crippen LogP contribution >= 0.6 is 0 Å². The van der Waals surface area contributed by atoms with Gasteiger partial charge in [0.1, 0.15) is 5.60 Å². The van der Waals surface area contributed by atoms with Gasteiger partial charge in [-0.2, -0.15) is 0 Å². The van der Waals surface area contributed by atoms with Gasteiger partial charge in [-0.15, -0.1) is 0 Å². The van der Waals surface area contributed by atoms with Gasteiger partial charge in [-0.1, -0.05) is 6.07 Å². The van der Waals surface area contributed by atoms with Crippen molar-refractivity contribution in [2.75, 3.05) is 13.1 Å². The molecule has 1 N–H and O–H groups in total. The topological polar surface area (TPSA) is 79.7 Å². The third-order valence-corrected chi connectivity index (χ3v) is 3.46. The molecule has 2 rings (SSSR count). The van der Waals surface area contributed by atoms with Crippen molar-refractivity contribution in [1.82, 2.24) is 9.88 Å². The van der Waals surface area contributed by atoms with Crippen LogP contribution in [0.15, 0.2) is 18.3 Å². The Morgan fingerprint density at radius 1 is 1.41 bits per heavy atom. The molecule has 1 fully saturated rings. The van der Waals surface area contributed by atoms with Gasteiger partial charge in [0, 0.05) is 30.9 Å². The smallest absolute Gasteiger partial charge is 0.410 e. The first kappa shape index (κ1) is 16.3. The van der Waals surface area contributed by atoms with Crippen LogP contribution < -0.4 is 0 Å². The van der Waals surface area contributed by atoms with Crippen LogP contribution in [0.3, 0.4) is 0 Å². The van der Waals surface area contributed by atoms with Crippen LogP contribution in [0.1, 0.15) is 44.4 Å². The number of pyridine rings is 1. The summed E-state index contributed by atoms with van der Waals surface area (Å²) in [6.07, 6.45) is 2.11. The number of carboxylic acids is 1. The minimum Gasteiger partial charge on any atom is -0.481 e. The summed E-state index contributed by atoms with van der Waals surface area (Å²) in [7, 11) is 0. The van der Waals surface area contributed by atoms with Gasteiger partial charge in [0.2, 0.25) is 0 Å². The molecule has 1 aromatic rings. The average molecular weight is 306 g/mol. The average Bonchev–Trinajstić information content (AvgIpc) is 2.86. The SMILES string of the molecule is CC(C)(C)OC(=O)N1CCC(c2ccc(CC(=O)O)cn2)C1. The largest absolute Gasteiger partial charge is 0.481 e. The second-order valence-electron chi connectivity index (χ2n) is 6.57. The molecule has 0 spiro atoms. The number of amides is 1. The monoisotopic (exact) mass is 306 g/mol. The van der Waals surface area contributed by atoms with Crippen molar-refractivity contribution in [1.29, 1.82) is 0 Å². The van der Waals surface area contributed by atoms with E-state index in [0.29, 0.717) is 18.7 Å². The molecular formula is C16H22N2O4. The molecule has 1 unspecified atom stereocenters. The Morgan fingerprint density at radius 3 is 2.68 bits per heavy atom. The van der Waals surface area contributed by atoms with E-state index < -0.39 is 11.6 Å². The highest BCUT2D eigenvalue weighted by atomic mass is 16.6. The highest BCUT2D eigenvalue weighted by Gasteiger charge is 2.31. The third kappa shape index (κ3) is 4.44. The van der Waals surface area contributed by atoms with Gasteiger partial charge >= 0.3 is 12.1 Å². The molecule has 0 bridgehead atoms. The maximum Gasteiger partial charge on any atom is 0.410 e. The second-order valence-corrected chi connectivity index (χ2v) is 6.57. The van der Waals surface area contributed by atoms with Gasteiger partial charge in [-0.3, -0.25) is 9.78 Å². The molecular weight excluding hydrogens is 284 g/mol. The highest BCUT2D eigenvalue weighted by molar-refractivity contribution is 5.70. The first-order chi connectivity index (χ1) is 10.2. The Balaban J connectivity index is 1.95. The van der Waals surface area contributed by atoms with E-state index in [1.54, 1.807) is 17.2 Å². The summed E-state index contributed by atoms with van der Waals surface area (Å²) in [6, 6.07) is 3.63. The molecule has 6 nitrogen and oxygen atoms in total. The van der Waals surface area contributed by atoms with Crippen LogP contribution in [0.4, 0.5) is 4.79 Å². The molecule has 1 aromatic heterocycles. The lowest BCUT2D eigenvalue weighted by atomic mass is 10.0. The lowest BCUT2D eigenvalue weighted by Crippen LogP contribution is -2.35. The Hall–Kier alpha value is -2.11. The minimum atomic E-state index is -0.869. The van der Waals surface area contributed by atoms with Crippen molar-refractivity contribution in [2.24, 2.45) is 0 Å². The van der Waals surface area contributed by atoms with Crippen molar-refractivity contribution in [3.05, 3.63) is 29.6 Å². The summed E-state index contributed by atoms with van der Waals surface area (Å²) < 4.78 is 5.37. The lowest BCUT2D eigenvalue weighted by Gasteiger charge is -2.24. The molecule has 1 atom stereocenters. The summed E-state index contributed by atoms with van der Waals surface area (Å²) in [5.41, 5.74) is 1.07.